The zero-order valence-corrected chi connectivity index (χ0v) is 14.0. The molecule has 0 aliphatic carbocycles. The van der Waals surface area contributed by atoms with Gasteiger partial charge in [-0.15, -0.1) is 0 Å². The molecule has 0 spiro atoms. The van der Waals surface area contributed by atoms with Gasteiger partial charge in [0.2, 0.25) is 9.84 Å². The van der Waals surface area contributed by atoms with Crippen LogP contribution in [0, 0.1) is 11.6 Å². The maximum Gasteiger partial charge on any atom is 0.368 e. The summed E-state index contributed by atoms with van der Waals surface area (Å²) in [6, 6.07) is 2.31. The van der Waals surface area contributed by atoms with Crippen molar-refractivity contribution < 1.29 is 30.7 Å². The number of sulfone groups is 1. The van der Waals surface area contributed by atoms with Crippen LogP contribution in [0.2, 0.25) is 0 Å². The van der Waals surface area contributed by atoms with E-state index >= 15 is 0 Å². The lowest BCUT2D eigenvalue weighted by Gasteiger charge is -2.15. The van der Waals surface area contributed by atoms with Crippen molar-refractivity contribution in [3.63, 3.8) is 0 Å². The first-order valence-corrected chi connectivity index (χ1v) is 8.67. The maximum atomic E-state index is 13.9. The van der Waals surface area contributed by atoms with Gasteiger partial charge in [0.25, 0.3) is 0 Å². The Kier molecular flexibility index (Phi) is 3.89. The van der Waals surface area contributed by atoms with Crippen LogP contribution in [0.3, 0.4) is 0 Å². The van der Waals surface area contributed by atoms with Crippen LogP contribution >= 0.6 is 15.9 Å². The minimum absolute atomic E-state index is 0.109. The molecular weight excluding hydrogens is 418 g/mol. The smallest absolute Gasteiger partial charge is 0.368 e. The summed E-state index contributed by atoms with van der Waals surface area (Å²) in [5.41, 5.74) is 5.02. The van der Waals surface area contributed by atoms with Crippen LogP contribution in [0.25, 0.3) is 0 Å². The summed E-state index contributed by atoms with van der Waals surface area (Å²) in [7, 11) is -4.92. The average Bonchev–Trinajstić information content (AvgIpc) is 2.59. The number of alkyl halides is 2. The molecule has 0 radical (unpaired) electrons. The van der Waals surface area contributed by atoms with E-state index in [-0.39, 0.29) is 21.5 Å². The summed E-state index contributed by atoms with van der Waals surface area (Å²) < 4.78 is 82.9. The summed E-state index contributed by atoms with van der Waals surface area (Å²) in [6.07, 6.45) is 0. The van der Waals surface area contributed by atoms with Gasteiger partial charge in [-0.3, -0.25) is 0 Å². The Bertz CT molecular complexity index is 929. The predicted molar refractivity (Wildman–Crippen MR) is 79.6 cm³/mol. The molecule has 3 rings (SSSR count). The normalized spacial score (nSPS) is 20.7. The third-order valence-corrected chi connectivity index (χ3v) is 6.21. The minimum Gasteiger partial charge on any atom is -0.456 e. The zero-order valence-electron chi connectivity index (χ0n) is 11.6. The van der Waals surface area contributed by atoms with E-state index in [0.717, 1.165) is 24.3 Å². The Morgan fingerprint density at radius 1 is 1.12 bits per heavy atom. The van der Waals surface area contributed by atoms with Crippen molar-refractivity contribution >= 4 is 25.8 Å². The zero-order chi connectivity index (χ0) is 17.9. The highest BCUT2D eigenvalue weighted by Gasteiger charge is 2.60. The second kappa shape index (κ2) is 5.43. The van der Waals surface area contributed by atoms with Crippen LogP contribution in [0.5, 0.6) is 11.5 Å². The summed E-state index contributed by atoms with van der Waals surface area (Å²) in [4.78, 5) is -0.621. The van der Waals surface area contributed by atoms with E-state index < -0.39 is 37.7 Å². The molecule has 0 saturated heterocycles. The average molecular weight is 426 g/mol. The van der Waals surface area contributed by atoms with Gasteiger partial charge in [0.15, 0.2) is 0 Å². The summed E-state index contributed by atoms with van der Waals surface area (Å²) in [6.45, 7) is 0. The maximum absolute atomic E-state index is 13.9. The number of halogens is 5. The molecule has 1 atom stereocenters. The van der Waals surface area contributed by atoms with Crippen LogP contribution < -0.4 is 10.5 Å². The van der Waals surface area contributed by atoms with Gasteiger partial charge >= 0.3 is 5.25 Å². The highest BCUT2D eigenvalue weighted by atomic mass is 79.9. The lowest BCUT2D eigenvalue weighted by Crippen LogP contribution is -2.33. The predicted octanol–water partition coefficient (Wildman–Crippen LogP) is 3.90. The molecule has 1 unspecified atom stereocenters. The van der Waals surface area contributed by atoms with Crippen molar-refractivity contribution in [2.75, 3.05) is 0 Å². The molecule has 0 fully saturated rings. The van der Waals surface area contributed by atoms with Crippen molar-refractivity contribution in [1.29, 1.82) is 0 Å². The molecule has 2 N–H and O–H groups in total. The van der Waals surface area contributed by atoms with Crippen LogP contribution in [0.15, 0.2) is 39.7 Å². The number of rotatable bonds is 2. The SMILES string of the molecule is NC1c2c(ccc(Oc3cc(F)cc(F)c3)c2Br)S(=O)(=O)C1(F)F. The molecule has 0 saturated carbocycles. The lowest BCUT2D eigenvalue weighted by atomic mass is 10.1. The van der Waals surface area contributed by atoms with E-state index in [1.807, 2.05) is 0 Å². The van der Waals surface area contributed by atoms with Gasteiger partial charge in [-0.05, 0) is 28.1 Å². The highest BCUT2D eigenvalue weighted by Crippen LogP contribution is 2.52. The Labute approximate surface area is 142 Å². The molecular formula is C14H8BrF4NO3S. The van der Waals surface area contributed by atoms with E-state index in [0.29, 0.717) is 6.07 Å². The van der Waals surface area contributed by atoms with Crippen molar-refractivity contribution in [2.24, 2.45) is 5.73 Å². The second-order valence-corrected chi connectivity index (χ2v) is 7.82. The largest absolute Gasteiger partial charge is 0.456 e. The number of hydrogen-bond acceptors (Lipinski definition) is 4. The molecule has 4 nitrogen and oxygen atoms in total. The fraction of sp³-hybridized carbons (Fsp3) is 0.143. The molecule has 0 aromatic heterocycles. The fourth-order valence-electron chi connectivity index (χ4n) is 2.35. The van der Waals surface area contributed by atoms with Gasteiger partial charge in [-0.1, -0.05) is 0 Å². The monoisotopic (exact) mass is 425 g/mol. The van der Waals surface area contributed by atoms with Gasteiger partial charge in [0, 0.05) is 23.8 Å². The van der Waals surface area contributed by atoms with E-state index in [1.54, 1.807) is 0 Å². The van der Waals surface area contributed by atoms with Gasteiger partial charge in [-0.2, -0.15) is 8.78 Å². The van der Waals surface area contributed by atoms with E-state index in [9.17, 15) is 26.0 Å². The molecule has 128 valence electrons. The lowest BCUT2D eigenvalue weighted by molar-refractivity contribution is 0.0681. The van der Waals surface area contributed by atoms with Gasteiger partial charge < -0.3 is 10.5 Å². The Morgan fingerprint density at radius 2 is 1.71 bits per heavy atom. The highest BCUT2D eigenvalue weighted by molar-refractivity contribution is 9.10. The Hall–Kier alpha value is -1.65. The van der Waals surface area contributed by atoms with E-state index in [1.165, 1.54) is 0 Å². The first-order chi connectivity index (χ1) is 11.1. The first kappa shape index (κ1) is 17.2. The third-order valence-electron chi connectivity index (χ3n) is 3.49. The standard InChI is InChI=1S/C14H8BrF4NO3S/c15-12-9(23-8-4-6(16)3-7(17)5-8)1-2-10-11(12)13(20)14(18,19)24(10,21)22/h1-5,13H,20H2. The van der Waals surface area contributed by atoms with Crippen LogP contribution in [0.4, 0.5) is 17.6 Å². The van der Waals surface area contributed by atoms with Crippen molar-refractivity contribution in [3.05, 3.63) is 52.0 Å². The van der Waals surface area contributed by atoms with Crippen LogP contribution in [-0.4, -0.2) is 13.7 Å². The first-order valence-electron chi connectivity index (χ1n) is 6.40. The van der Waals surface area contributed by atoms with E-state index in [4.69, 9.17) is 10.5 Å². The molecule has 1 aliphatic rings. The Balaban J connectivity index is 2.11. The molecule has 1 aliphatic heterocycles. The fourth-order valence-corrected chi connectivity index (χ4v) is 4.67. The molecule has 1 heterocycles. The van der Waals surface area contributed by atoms with Gasteiger partial charge in [0.1, 0.15) is 29.2 Å². The number of hydrogen-bond donors (Lipinski definition) is 1. The molecule has 24 heavy (non-hydrogen) atoms. The van der Waals surface area contributed by atoms with Crippen molar-refractivity contribution in [3.8, 4) is 11.5 Å². The number of fused-ring (bicyclic) bond motifs is 1. The Morgan fingerprint density at radius 3 is 2.29 bits per heavy atom. The van der Waals surface area contributed by atoms with Crippen molar-refractivity contribution in [1.82, 2.24) is 0 Å². The quantitative estimate of drug-likeness (QED) is 0.740. The molecule has 2 aromatic rings. The van der Waals surface area contributed by atoms with Gasteiger partial charge in [-0.25, -0.2) is 17.2 Å². The minimum atomic E-state index is -4.92. The van der Waals surface area contributed by atoms with Gasteiger partial charge in [0.05, 0.1) is 9.37 Å². The van der Waals surface area contributed by atoms with Crippen LogP contribution in [0.1, 0.15) is 11.6 Å². The summed E-state index contributed by atoms with van der Waals surface area (Å²) in [5.74, 6) is -2.13. The van der Waals surface area contributed by atoms with Crippen molar-refractivity contribution in [2.45, 2.75) is 16.2 Å². The number of nitrogens with two attached hydrogens (primary N) is 1. The number of ether oxygens (including phenoxy) is 1. The molecule has 0 amide bonds. The van der Waals surface area contributed by atoms with E-state index in [2.05, 4.69) is 15.9 Å². The van der Waals surface area contributed by atoms with Crippen LogP contribution in [-0.2, 0) is 9.84 Å². The molecule has 10 heteroatoms. The second-order valence-electron chi connectivity index (χ2n) is 5.04. The summed E-state index contributed by atoms with van der Waals surface area (Å²) in [5, 5.41) is -4.17. The molecule has 0 bridgehead atoms. The summed E-state index contributed by atoms with van der Waals surface area (Å²) >= 11 is 2.98. The number of benzene rings is 2. The molecule has 2 aromatic carbocycles. The third kappa shape index (κ3) is 2.40. The topological polar surface area (TPSA) is 69.4 Å².